The van der Waals surface area contributed by atoms with E-state index in [4.69, 9.17) is 15.6 Å². The van der Waals surface area contributed by atoms with Crippen LogP contribution >= 0.6 is 0 Å². The first kappa shape index (κ1) is 13.2. The fraction of sp³-hybridized carbons (Fsp3) is 0.538. The number of benzene rings is 1. The Labute approximate surface area is 97.2 Å². The maximum atomic E-state index is 8.74. The van der Waals surface area contributed by atoms with Gasteiger partial charge in [-0.1, -0.05) is 30.3 Å². The van der Waals surface area contributed by atoms with Gasteiger partial charge in [0.05, 0.1) is 18.8 Å². The normalized spacial score (nSPS) is 14.7. The van der Waals surface area contributed by atoms with Crippen molar-refractivity contribution in [2.24, 2.45) is 5.73 Å². The molecule has 0 aromatic heterocycles. The van der Waals surface area contributed by atoms with E-state index in [1.807, 2.05) is 25.1 Å². The molecule has 0 fully saturated rings. The molecule has 3 nitrogen and oxygen atoms in total. The van der Waals surface area contributed by atoms with Crippen LogP contribution < -0.4 is 5.73 Å². The summed E-state index contributed by atoms with van der Waals surface area (Å²) in [4.78, 5) is 0. The van der Waals surface area contributed by atoms with Crippen molar-refractivity contribution in [3.63, 3.8) is 0 Å². The predicted octanol–water partition coefficient (Wildman–Crippen LogP) is 1.35. The highest BCUT2D eigenvalue weighted by atomic mass is 16.5. The molecule has 0 bridgehead atoms. The minimum absolute atomic E-state index is 0.0426. The molecule has 90 valence electrons. The zero-order valence-electron chi connectivity index (χ0n) is 9.86. The van der Waals surface area contributed by atoms with Crippen molar-refractivity contribution in [3.8, 4) is 0 Å². The molecule has 0 aliphatic rings. The van der Waals surface area contributed by atoms with Crippen molar-refractivity contribution in [2.75, 3.05) is 19.8 Å². The summed E-state index contributed by atoms with van der Waals surface area (Å²) in [6, 6.07) is 10.3. The SMILES string of the molecule is CC(CN)(CCc1ccccc1)OCCO. The van der Waals surface area contributed by atoms with E-state index in [1.54, 1.807) is 0 Å². The van der Waals surface area contributed by atoms with E-state index in [0.717, 1.165) is 12.8 Å². The largest absolute Gasteiger partial charge is 0.394 e. The minimum Gasteiger partial charge on any atom is -0.394 e. The third-order valence-electron chi connectivity index (χ3n) is 2.76. The molecule has 1 unspecified atom stereocenters. The summed E-state index contributed by atoms with van der Waals surface area (Å²) < 4.78 is 5.57. The van der Waals surface area contributed by atoms with Crippen molar-refractivity contribution in [3.05, 3.63) is 35.9 Å². The second kappa shape index (κ2) is 6.63. The number of ether oxygens (including phenoxy) is 1. The molecule has 3 heteroatoms. The summed E-state index contributed by atoms with van der Waals surface area (Å²) in [7, 11) is 0. The maximum absolute atomic E-state index is 8.74. The predicted molar refractivity (Wildman–Crippen MR) is 65.3 cm³/mol. The van der Waals surface area contributed by atoms with E-state index in [1.165, 1.54) is 5.56 Å². The van der Waals surface area contributed by atoms with E-state index in [2.05, 4.69) is 12.1 Å². The lowest BCUT2D eigenvalue weighted by Gasteiger charge is -2.28. The molecular weight excluding hydrogens is 202 g/mol. The van der Waals surface area contributed by atoms with Crippen LogP contribution in [-0.2, 0) is 11.2 Å². The van der Waals surface area contributed by atoms with Gasteiger partial charge in [0, 0.05) is 6.54 Å². The van der Waals surface area contributed by atoms with Crippen LogP contribution in [0.25, 0.3) is 0 Å². The van der Waals surface area contributed by atoms with Crippen LogP contribution in [0.1, 0.15) is 18.9 Å². The number of aliphatic hydroxyl groups is 1. The Morgan fingerprint density at radius 1 is 1.31 bits per heavy atom. The zero-order valence-corrected chi connectivity index (χ0v) is 9.86. The molecule has 1 rings (SSSR count). The van der Waals surface area contributed by atoms with Crippen LogP contribution in [0.3, 0.4) is 0 Å². The van der Waals surface area contributed by atoms with E-state index >= 15 is 0 Å². The lowest BCUT2D eigenvalue weighted by atomic mass is 9.96. The van der Waals surface area contributed by atoms with Crippen LogP contribution in [0.4, 0.5) is 0 Å². The molecule has 3 N–H and O–H groups in total. The van der Waals surface area contributed by atoms with Crippen molar-refractivity contribution < 1.29 is 9.84 Å². The van der Waals surface area contributed by atoms with Gasteiger partial charge in [-0.3, -0.25) is 0 Å². The van der Waals surface area contributed by atoms with Gasteiger partial charge in [0.2, 0.25) is 0 Å². The summed E-state index contributed by atoms with van der Waals surface area (Å²) in [5.74, 6) is 0. The molecule has 0 amide bonds. The van der Waals surface area contributed by atoms with Crippen LogP contribution in [0.2, 0.25) is 0 Å². The molecular formula is C13H21NO2. The Morgan fingerprint density at radius 3 is 2.56 bits per heavy atom. The van der Waals surface area contributed by atoms with E-state index in [-0.39, 0.29) is 12.2 Å². The Balaban J connectivity index is 2.44. The number of aryl methyl sites for hydroxylation is 1. The van der Waals surface area contributed by atoms with Gasteiger partial charge in [0.15, 0.2) is 0 Å². The van der Waals surface area contributed by atoms with Gasteiger partial charge in [0.25, 0.3) is 0 Å². The molecule has 1 atom stereocenters. The molecule has 1 aromatic carbocycles. The van der Waals surface area contributed by atoms with Crippen LogP contribution in [0.5, 0.6) is 0 Å². The van der Waals surface area contributed by atoms with Crippen molar-refractivity contribution >= 4 is 0 Å². The quantitative estimate of drug-likeness (QED) is 0.733. The smallest absolute Gasteiger partial charge is 0.0780 e. The Hall–Kier alpha value is -0.900. The summed E-state index contributed by atoms with van der Waals surface area (Å²) >= 11 is 0. The van der Waals surface area contributed by atoms with Crippen LogP contribution in [0, 0.1) is 0 Å². The van der Waals surface area contributed by atoms with Gasteiger partial charge in [0.1, 0.15) is 0 Å². The summed E-state index contributed by atoms with van der Waals surface area (Å²) in [6.45, 7) is 2.86. The fourth-order valence-corrected chi connectivity index (χ4v) is 1.58. The molecule has 0 saturated heterocycles. The minimum atomic E-state index is -0.335. The monoisotopic (exact) mass is 223 g/mol. The number of nitrogens with two attached hydrogens (primary N) is 1. The first-order valence-corrected chi connectivity index (χ1v) is 5.69. The molecule has 0 radical (unpaired) electrons. The zero-order chi connectivity index (χ0) is 11.9. The topological polar surface area (TPSA) is 55.5 Å². The standard InChI is InChI=1S/C13H21NO2/c1-13(11-14,16-10-9-15)8-7-12-5-3-2-4-6-12/h2-6,15H,7-11,14H2,1H3. The summed E-state index contributed by atoms with van der Waals surface area (Å²) in [5, 5.41) is 8.74. The van der Waals surface area contributed by atoms with E-state index in [9.17, 15) is 0 Å². The fourth-order valence-electron chi connectivity index (χ4n) is 1.58. The maximum Gasteiger partial charge on any atom is 0.0780 e. The molecule has 0 aliphatic heterocycles. The van der Waals surface area contributed by atoms with Gasteiger partial charge in [-0.15, -0.1) is 0 Å². The third-order valence-corrected chi connectivity index (χ3v) is 2.76. The van der Waals surface area contributed by atoms with E-state index < -0.39 is 0 Å². The van der Waals surface area contributed by atoms with Gasteiger partial charge in [-0.05, 0) is 25.3 Å². The molecule has 16 heavy (non-hydrogen) atoms. The Bertz CT molecular complexity index is 289. The first-order valence-electron chi connectivity index (χ1n) is 5.69. The van der Waals surface area contributed by atoms with Crippen molar-refractivity contribution in [2.45, 2.75) is 25.4 Å². The highest BCUT2D eigenvalue weighted by Crippen LogP contribution is 2.17. The highest BCUT2D eigenvalue weighted by molar-refractivity contribution is 5.15. The summed E-state index contributed by atoms with van der Waals surface area (Å²) in [6.07, 6.45) is 1.81. The second-order valence-electron chi connectivity index (χ2n) is 4.21. The summed E-state index contributed by atoms with van der Waals surface area (Å²) in [5.41, 5.74) is 6.66. The second-order valence-corrected chi connectivity index (χ2v) is 4.21. The number of hydrogen-bond acceptors (Lipinski definition) is 3. The lowest BCUT2D eigenvalue weighted by Crippen LogP contribution is -2.38. The van der Waals surface area contributed by atoms with E-state index in [0.29, 0.717) is 13.2 Å². The van der Waals surface area contributed by atoms with Crippen LogP contribution in [0.15, 0.2) is 30.3 Å². The van der Waals surface area contributed by atoms with Gasteiger partial charge in [-0.2, -0.15) is 0 Å². The number of rotatable bonds is 7. The molecule has 0 spiro atoms. The average Bonchev–Trinajstić information content (AvgIpc) is 2.35. The third kappa shape index (κ3) is 4.31. The molecule has 1 aromatic rings. The molecule has 0 heterocycles. The highest BCUT2D eigenvalue weighted by Gasteiger charge is 2.22. The number of aliphatic hydroxyl groups excluding tert-OH is 1. The van der Waals surface area contributed by atoms with Crippen molar-refractivity contribution in [1.82, 2.24) is 0 Å². The Kier molecular flexibility index (Phi) is 5.46. The van der Waals surface area contributed by atoms with Crippen LogP contribution in [-0.4, -0.2) is 30.5 Å². The van der Waals surface area contributed by atoms with Crippen molar-refractivity contribution in [1.29, 1.82) is 0 Å². The number of hydrogen-bond donors (Lipinski definition) is 2. The molecule has 0 saturated carbocycles. The lowest BCUT2D eigenvalue weighted by molar-refractivity contribution is -0.0442. The first-order chi connectivity index (χ1) is 7.70. The van der Waals surface area contributed by atoms with Gasteiger partial charge < -0.3 is 15.6 Å². The molecule has 0 aliphatic carbocycles. The Morgan fingerprint density at radius 2 is 2.00 bits per heavy atom. The van der Waals surface area contributed by atoms with Gasteiger partial charge >= 0.3 is 0 Å². The average molecular weight is 223 g/mol. The van der Waals surface area contributed by atoms with Gasteiger partial charge in [-0.25, -0.2) is 0 Å².